The van der Waals surface area contributed by atoms with E-state index in [1.807, 2.05) is 37.3 Å². The lowest BCUT2D eigenvalue weighted by Gasteiger charge is -2.07. The molecule has 0 saturated carbocycles. The molecule has 0 amide bonds. The molecule has 0 fully saturated rings. The molecule has 0 radical (unpaired) electrons. The van der Waals surface area contributed by atoms with Crippen LogP contribution in [0.2, 0.25) is 0 Å². The van der Waals surface area contributed by atoms with Crippen LogP contribution >= 0.6 is 0 Å². The molecule has 0 saturated heterocycles. The highest BCUT2D eigenvalue weighted by Gasteiger charge is 2.01. The van der Waals surface area contributed by atoms with Gasteiger partial charge in [-0.3, -0.25) is 0 Å². The van der Waals surface area contributed by atoms with Crippen LogP contribution in [0.15, 0.2) is 48.5 Å². The van der Waals surface area contributed by atoms with Gasteiger partial charge in [-0.2, -0.15) is 0 Å². The highest BCUT2D eigenvalue weighted by molar-refractivity contribution is 5.42. The van der Waals surface area contributed by atoms with E-state index >= 15 is 0 Å². The number of rotatable bonds is 2. The maximum absolute atomic E-state index is 9.52. The molecule has 0 atom stereocenters. The molecule has 2 aromatic rings. The number of aromatic hydroxyl groups is 1. The summed E-state index contributed by atoms with van der Waals surface area (Å²) in [7, 11) is 0. The van der Waals surface area contributed by atoms with Crippen LogP contribution in [0.5, 0.6) is 17.2 Å². The van der Waals surface area contributed by atoms with Crippen LogP contribution in [0.25, 0.3) is 0 Å². The Labute approximate surface area is 88.8 Å². The van der Waals surface area contributed by atoms with Gasteiger partial charge in [0.15, 0.2) is 11.5 Å². The Morgan fingerprint density at radius 3 is 2.53 bits per heavy atom. The van der Waals surface area contributed by atoms with Crippen LogP contribution in [-0.4, -0.2) is 5.11 Å². The van der Waals surface area contributed by atoms with Gasteiger partial charge in [0, 0.05) is 0 Å². The van der Waals surface area contributed by atoms with Crippen LogP contribution < -0.4 is 4.74 Å². The molecule has 2 aromatic carbocycles. The van der Waals surface area contributed by atoms with Gasteiger partial charge in [0.2, 0.25) is 0 Å². The lowest BCUT2D eigenvalue weighted by atomic mass is 10.2. The molecule has 2 rings (SSSR count). The van der Waals surface area contributed by atoms with Crippen LogP contribution in [0.1, 0.15) is 5.56 Å². The van der Waals surface area contributed by atoms with Gasteiger partial charge in [-0.15, -0.1) is 0 Å². The summed E-state index contributed by atoms with van der Waals surface area (Å²) in [6.07, 6.45) is 0. The Bertz CT molecular complexity index is 464. The fourth-order valence-electron chi connectivity index (χ4n) is 1.35. The van der Waals surface area contributed by atoms with Gasteiger partial charge in [-0.05, 0) is 36.8 Å². The summed E-state index contributed by atoms with van der Waals surface area (Å²) in [6, 6.07) is 14.6. The number of phenols is 1. The van der Waals surface area contributed by atoms with Crippen molar-refractivity contribution in [2.75, 3.05) is 0 Å². The molecule has 2 heteroatoms. The van der Waals surface area contributed by atoms with E-state index in [9.17, 15) is 5.11 Å². The average Bonchev–Trinajstić information content (AvgIpc) is 2.22. The maximum Gasteiger partial charge on any atom is 0.169 e. The molecule has 0 aromatic heterocycles. The van der Waals surface area contributed by atoms with Gasteiger partial charge in [0.05, 0.1) is 0 Å². The molecule has 1 N–H and O–H groups in total. The molecular weight excluding hydrogens is 188 g/mol. The third kappa shape index (κ3) is 2.29. The molecular formula is C13H12O2. The highest BCUT2D eigenvalue weighted by Crippen LogP contribution is 2.29. The van der Waals surface area contributed by atoms with E-state index in [1.165, 1.54) is 0 Å². The quantitative estimate of drug-likeness (QED) is 0.804. The second-order valence-corrected chi connectivity index (χ2v) is 3.39. The summed E-state index contributed by atoms with van der Waals surface area (Å²) in [6.45, 7) is 2.00. The van der Waals surface area contributed by atoms with E-state index in [0.29, 0.717) is 5.75 Å². The van der Waals surface area contributed by atoms with Gasteiger partial charge in [0.25, 0.3) is 0 Å². The molecule has 0 unspecified atom stereocenters. The number of benzene rings is 2. The summed E-state index contributed by atoms with van der Waals surface area (Å²) < 4.78 is 5.54. The minimum Gasteiger partial charge on any atom is -0.504 e. The SMILES string of the molecule is Cc1cccc(Oc2ccccc2O)c1. The standard InChI is InChI=1S/C13H12O2/c1-10-5-4-6-11(9-10)15-13-8-3-2-7-12(13)14/h2-9,14H,1H3. The zero-order valence-electron chi connectivity index (χ0n) is 8.47. The molecule has 0 aliphatic carbocycles. The lowest BCUT2D eigenvalue weighted by Crippen LogP contribution is -1.84. The van der Waals surface area contributed by atoms with E-state index < -0.39 is 0 Å². The van der Waals surface area contributed by atoms with E-state index in [2.05, 4.69) is 0 Å². The monoisotopic (exact) mass is 200 g/mol. The Balaban J connectivity index is 2.26. The summed E-state index contributed by atoms with van der Waals surface area (Å²) in [5.74, 6) is 1.36. The topological polar surface area (TPSA) is 29.5 Å². The Kier molecular flexibility index (Phi) is 2.59. The molecule has 0 heterocycles. The molecule has 76 valence electrons. The first kappa shape index (κ1) is 9.59. The number of ether oxygens (including phenoxy) is 1. The van der Waals surface area contributed by atoms with Crippen molar-refractivity contribution in [3.8, 4) is 17.2 Å². The minimum absolute atomic E-state index is 0.152. The van der Waals surface area contributed by atoms with Crippen molar-refractivity contribution in [1.82, 2.24) is 0 Å². The maximum atomic E-state index is 9.52. The molecule has 15 heavy (non-hydrogen) atoms. The Morgan fingerprint density at radius 2 is 1.80 bits per heavy atom. The van der Waals surface area contributed by atoms with Gasteiger partial charge >= 0.3 is 0 Å². The molecule has 0 spiro atoms. The normalized spacial score (nSPS) is 9.93. The zero-order chi connectivity index (χ0) is 10.7. The van der Waals surface area contributed by atoms with Gasteiger partial charge in [-0.1, -0.05) is 24.3 Å². The zero-order valence-corrected chi connectivity index (χ0v) is 8.47. The smallest absolute Gasteiger partial charge is 0.169 e. The first-order valence-corrected chi connectivity index (χ1v) is 4.78. The van der Waals surface area contributed by atoms with Crippen LogP contribution in [-0.2, 0) is 0 Å². The third-order valence-electron chi connectivity index (χ3n) is 2.08. The average molecular weight is 200 g/mol. The fraction of sp³-hybridized carbons (Fsp3) is 0.0769. The fourth-order valence-corrected chi connectivity index (χ4v) is 1.35. The van der Waals surface area contributed by atoms with E-state index in [-0.39, 0.29) is 5.75 Å². The second kappa shape index (κ2) is 4.05. The van der Waals surface area contributed by atoms with Crippen molar-refractivity contribution < 1.29 is 9.84 Å². The largest absolute Gasteiger partial charge is 0.504 e. The lowest BCUT2D eigenvalue weighted by molar-refractivity contribution is 0.411. The van der Waals surface area contributed by atoms with E-state index in [4.69, 9.17) is 4.74 Å². The summed E-state index contributed by atoms with van der Waals surface area (Å²) in [4.78, 5) is 0. The summed E-state index contributed by atoms with van der Waals surface area (Å²) in [5, 5.41) is 9.52. The molecule has 0 aliphatic heterocycles. The summed E-state index contributed by atoms with van der Waals surface area (Å²) >= 11 is 0. The number of para-hydroxylation sites is 2. The molecule has 0 aliphatic rings. The number of hydrogen-bond donors (Lipinski definition) is 1. The Hall–Kier alpha value is -1.96. The van der Waals surface area contributed by atoms with Crippen molar-refractivity contribution in [1.29, 1.82) is 0 Å². The van der Waals surface area contributed by atoms with Crippen molar-refractivity contribution in [3.63, 3.8) is 0 Å². The van der Waals surface area contributed by atoms with E-state index in [0.717, 1.165) is 11.3 Å². The highest BCUT2D eigenvalue weighted by atomic mass is 16.5. The number of aryl methyl sites for hydroxylation is 1. The van der Waals surface area contributed by atoms with Crippen LogP contribution in [0, 0.1) is 6.92 Å². The minimum atomic E-state index is 0.152. The first-order valence-electron chi connectivity index (χ1n) is 4.78. The van der Waals surface area contributed by atoms with Crippen LogP contribution in [0.4, 0.5) is 0 Å². The third-order valence-corrected chi connectivity index (χ3v) is 2.08. The molecule has 2 nitrogen and oxygen atoms in total. The van der Waals surface area contributed by atoms with E-state index in [1.54, 1.807) is 18.2 Å². The Morgan fingerprint density at radius 1 is 1.00 bits per heavy atom. The van der Waals surface area contributed by atoms with Gasteiger partial charge in [-0.25, -0.2) is 0 Å². The number of phenolic OH excluding ortho intramolecular Hbond substituents is 1. The predicted octanol–water partition coefficient (Wildman–Crippen LogP) is 3.49. The first-order chi connectivity index (χ1) is 7.25. The van der Waals surface area contributed by atoms with Crippen molar-refractivity contribution in [2.24, 2.45) is 0 Å². The number of hydrogen-bond acceptors (Lipinski definition) is 2. The van der Waals surface area contributed by atoms with Crippen molar-refractivity contribution in [3.05, 3.63) is 54.1 Å². The van der Waals surface area contributed by atoms with Gasteiger partial charge < -0.3 is 9.84 Å². The summed E-state index contributed by atoms with van der Waals surface area (Å²) in [5.41, 5.74) is 1.13. The second-order valence-electron chi connectivity index (χ2n) is 3.39. The van der Waals surface area contributed by atoms with Crippen molar-refractivity contribution >= 4 is 0 Å². The predicted molar refractivity (Wildman–Crippen MR) is 59.4 cm³/mol. The van der Waals surface area contributed by atoms with Crippen LogP contribution in [0.3, 0.4) is 0 Å². The molecule has 0 bridgehead atoms. The van der Waals surface area contributed by atoms with Gasteiger partial charge in [0.1, 0.15) is 5.75 Å². The van der Waals surface area contributed by atoms with Crippen molar-refractivity contribution in [2.45, 2.75) is 6.92 Å².